The van der Waals surface area contributed by atoms with Gasteiger partial charge in [-0.3, -0.25) is 4.79 Å². The molecular weight excluding hydrogens is 286 g/mol. The van der Waals surface area contributed by atoms with Crippen LogP contribution in [0.3, 0.4) is 0 Å². The third-order valence-corrected chi connectivity index (χ3v) is 2.64. The average Bonchev–Trinajstić information content (AvgIpc) is 2.30. The van der Waals surface area contributed by atoms with E-state index in [0.717, 1.165) is 4.47 Å². The van der Waals surface area contributed by atoms with Gasteiger partial charge in [-0.1, -0.05) is 0 Å². The maximum absolute atomic E-state index is 11.3. The minimum atomic E-state index is -0.406. The Bertz CT molecular complexity index is 469. The van der Waals surface area contributed by atoms with Crippen molar-refractivity contribution in [3.05, 3.63) is 40.5 Å². The fraction of sp³-hybridized carbons (Fsp3) is 0.167. The first-order valence-corrected chi connectivity index (χ1v) is 5.65. The predicted octanol–water partition coefficient (Wildman–Crippen LogP) is 2.75. The third-order valence-electron chi connectivity index (χ3n) is 1.94. The summed E-state index contributed by atoms with van der Waals surface area (Å²) in [5.74, 6) is -0.464. The molecule has 0 aromatic heterocycles. The second kappa shape index (κ2) is 6.20. The van der Waals surface area contributed by atoms with Crippen LogP contribution in [0, 0.1) is 0 Å². The summed E-state index contributed by atoms with van der Waals surface area (Å²) in [7, 11) is 1.33. The molecule has 0 unspecified atom stereocenters. The first kappa shape index (κ1) is 13.4. The molecule has 1 N–H and O–H groups in total. The zero-order chi connectivity index (χ0) is 12.8. The highest BCUT2D eigenvalue weighted by molar-refractivity contribution is 9.10. The van der Waals surface area contributed by atoms with E-state index in [9.17, 15) is 9.59 Å². The molecule has 0 spiro atoms. The molecular formula is C12H12BrNO3. The normalized spacial score (nSPS) is 10.3. The summed E-state index contributed by atoms with van der Waals surface area (Å²) < 4.78 is 5.41. The first-order valence-electron chi connectivity index (χ1n) is 4.86. The van der Waals surface area contributed by atoms with Crippen molar-refractivity contribution in [2.24, 2.45) is 0 Å². The number of allylic oxidation sites excluding steroid dienone is 1. The number of carbonyl (C=O) groups is 2. The summed E-state index contributed by atoms with van der Waals surface area (Å²) in [6, 6.07) is 5.02. The van der Waals surface area contributed by atoms with Crippen molar-refractivity contribution >= 4 is 33.4 Å². The Morgan fingerprint density at radius 3 is 2.71 bits per heavy atom. The molecule has 0 atom stereocenters. The van der Waals surface area contributed by atoms with Crippen LogP contribution in [-0.2, 0) is 9.53 Å². The molecule has 0 aliphatic rings. The molecule has 0 heterocycles. The number of hydrogen-bond donors (Lipinski definition) is 1. The fourth-order valence-electron chi connectivity index (χ4n) is 1.13. The molecule has 1 aromatic rings. The van der Waals surface area contributed by atoms with E-state index in [1.165, 1.54) is 26.3 Å². The Labute approximate surface area is 108 Å². The second-order valence-electron chi connectivity index (χ2n) is 3.27. The van der Waals surface area contributed by atoms with Crippen molar-refractivity contribution in [2.45, 2.75) is 6.92 Å². The molecule has 4 nitrogen and oxygen atoms in total. The van der Waals surface area contributed by atoms with Crippen LogP contribution in [0.5, 0.6) is 0 Å². The van der Waals surface area contributed by atoms with Gasteiger partial charge in [-0.15, -0.1) is 0 Å². The number of rotatable bonds is 4. The predicted molar refractivity (Wildman–Crippen MR) is 68.9 cm³/mol. The smallest absolute Gasteiger partial charge is 0.337 e. The summed E-state index contributed by atoms with van der Waals surface area (Å²) in [6.45, 7) is 1.46. The van der Waals surface area contributed by atoms with E-state index < -0.39 is 5.97 Å². The average molecular weight is 298 g/mol. The maximum Gasteiger partial charge on any atom is 0.337 e. The van der Waals surface area contributed by atoms with Crippen LogP contribution < -0.4 is 5.32 Å². The van der Waals surface area contributed by atoms with Gasteiger partial charge in [-0.2, -0.15) is 0 Å². The Hall–Kier alpha value is -1.62. The molecule has 0 aliphatic heterocycles. The summed E-state index contributed by atoms with van der Waals surface area (Å²) in [5, 5.41) is 2.91. The standard InChI is InChI=1S/C12H12BrNO3/c1-8(15)5-6-14-11-7-9(12(16)17-2)3-4-10(11)13/h3-7,14H,1-2H3/b6-5+. The number of halogens is 1. The van der Waals surface area contributed by atoms with E-state index in [1.807, 2.05) is 0 Å². The lowest BCUT2D eigenvalue weighted by Gasteiger charge is -2.06. The van der Waals surface area contributed by atoms with Gasteiger partial charge in [0.15, 0.2) is 5.78 Å². The Morgan fingerprint density at radius 1 is 1.41 bits per heavy atom. The van der Waals surface area contributed by atoms with Gasteiger partial charge in [0.25, 0.3) is 0 Å². The minimum absolute atomic E-state index is 0.0576. The van der Waals surface area contributed by atoms with Gasteiger partial charge < -0.3 is 10.1 Å². The SMILES string of the molecule is COC(=O)c1ccc(Br)c(N/C=C/C(C)=O)c1. The number of methoxy groups -OCH3 is 1. The lowest BCUT2D eigenvalue weighted by Crippen LogP contribution is -2.02. The molecule has 0 saturated heterocycles. The van der Waals surface area contributed by atoms with Crippen molar-refractivity contribution in [3.63, 3.8) is 0 Å². The van der Waals surface area contributed by atoms with Crippen molar-refractivity contribution in [1.82, 2.24) is 0 Å². The van der Waals surface area contributed by atoms with Gasteiger partial charge in [-0.05, 0) is 47.1 Å². The molecule has 0 aliphatic carbocycles. The number of esters is 1. The van der Waals surface area contributed by atoms with Crippen LogP contribution in [0.15, 0.2) is 34.9 Å². The molecule has 90 valence electrons. The number of benzene rings is 1. The molecule has 0 fully saturated rings. The van der Waals surface area contributed by atoms with Gasteiger partial charge in [0.05, 0.1) is 18.4 Å². The Kier molecular flexibility index (Phi) is 4.90. The lowest BCUT2D eigenvalue weighted by molar-refractivity contribution is -0.112. The molecule has 0 saturated carbocycles. The van der Waals surface area contributed by atoms with Crippen LogP contribution >= 0.6 is 15.9 Å². The monoisotopic (exact) mass is 297 g/mol. The first-order chi connectivity index (χ1) is 8.04. The fourth-order valence-corrected chi connectivity index (χ4v) is 1.49. The van der Waals surface area contributed by atoms with Crippen LogP contribution in [0.4, 0.5) is 5.69 Å². The van der Waals surface area contributed by atoms with Crippen molar-refractivity contribution in [3.8, 4) is 0 Å². The summed E-state index contributed by atoms with van der Waals surface area (Å²) in [6.07, 6.45) is 2.92. The van der Waals surface area contributed by atoms with E-state index >= 15 is 0 Å². The molecule has 1 aromatic carbocycles. The van der Waals surface area contributed by atoms with E-state index in [2.05, 4.69) is 26.0 Å². The number of carbonyl (C=O) groups excluding carboxylic acids is 2. The highest BCUT2D eigenvalue weighted by Gasteiger charge is 2.07. The zero-order valence-electron chi connectivity index (χ0n) is 9.49. The molecule has 5 heteroatoms. The maximum atomic E-state index is 11.3. The minimum Gasteiger partial charge on any atom is -0.465 e. The van der Waals surface area contributed by atoms with Crippen molar-refractivity contribution < 1.29 is 14.3 Å². The van der Waals surface area contributed by atoms with Crippen LogP contribution in [-0.4, -0.2) is 18.9 Å². The highest BCUT2D eigenvalue weighted by Crippen LogP contribution is 2.23. The van der Waals surface area contributed by atoms with Gasteiger partial charge >= 0.3 is 5.97 Å². The zero-order valence-corrected chi connectivity index (χ0v) is 11.1. The van der Waals surface area contributed by atoms with Crippen LogP contribution in [0.1, 0.15) is 17.3 Å². The Balaban J connectivity index is 2.91. The molecule has 0 bridgehead atoms. The van der Waals surface area contributed by atoms with Crippen LogP contribution in [0.2, 0.25) is 0 Å². The number of anilines is 1. The summed E-state index contributed by atoms with van der Waals surface area (Å²) in [4.78, 5) is 22.0. The number of nitrogens with one attached hydrogen (secondary N) is 1. The molecule has 0 amide bonds. The van der Waals surface area contributed by atoms with Gasteiger partial charge in [0.2, 0.25) is 0 Å². The largest absolute Gasteiger partial charge is 0.465 e. The van der Waals surface area contributed by atoms with Crippen molar-refractivity contribution in [1.29, 1.82) is 0 Å². The van der Waals surface area contributed by atoms with Crippen LogP contribution in [0.25, 0.3) is 0 Å². The summed E-state index contributed by atoms with van der Waals surface area (Å²) >= 11 is 3.34. The van der Waals surface area contributed by atoms with E-state index in [-0.39, 0.29) is 5.78 Å². The van der Waals surface area contributed by atoms with E-state index in [1.54, 1.807) is 18.2 Å². The third kappa shape index (κ3) is 4.03. The highest BCUT2D eigenvalue weighted by atomic mass is 79.9. The topological polar surface area (TPSA) is 55.4 Å². The van der Waals surface area contributed by atoms with E-state index in [0.29, 0.717) is 11.3 Å². The molecule has 17 heavy (non-hydrogen) atoms. The number of ether oxygens (including phenoxy) is 1. The van der Waals surface area contributed by atoms with E-state index in [4.69, 9.17) is 0 Å². The second-order valence-corrected chi connectivity index (χ2v) is 4.13. The molecule has 1 rings (SSSR count). The van der Waals surface area contributed by atoms with Crippen molar-refractivity contribution in [2.75, 3.05) is 12.4 Å². The van der Waals surface area contributed by atoms with Gasteiger partial charge in [0, 0.05) is 10.7 Å². The number of ketones is 1. The van der Waals surface area contributed by atoms with Gasteiger partial charge in [-0.25, -0.2) is 4.79 Å². The quantitative estimate of drug-likeness (QED) is 0.686. The molecule has 0 radical (unpaired) electrons. The lowest BCUT2D eigenvalue weighted by atomic mass is 10.2. The number of hydrogen-bond acceptors (Lipinski definition) is 4. The van der Waals surface area contributed by atoms with Gasteiger partial charge in [0.1, 0.15) is 0 Å². The Morgan fingerprint density at radius 2 is 2.12 bits per heavy atom. The summed E-state index contributed by atoms with van der Waals surface area (Å²) in [5.41, 5.74) is 1.12.